The molecule has 7 aromatic carbocycles. The molecule has 49 heavy (non-hydrogen) atoms. The molecular formula is C46H31N3. The average molecular weight is 626 g/mol. The zero-order chi connectivity index (χ0) is 32.3. The Kier molecular flexibility index (Phi) is 6.18. The summed E-state index contributed by atoms with van der Waals surface area (Å²) in [4.78, 5) is 3.19. The minimum absolute atomic E-state index is 1.16. The molecule has 3 heterocycles. The first-order valence-electron chi connectivity index (χ1n) is 16.8. The summed E-state index contributed by atoms with van der Waals surface area (Å²) in [6, 6.07) is 61.8. The number of hydrogen-bond donors (Lipinski definition) is 1. The van der Waals surface area contributed by atoms with Crippen LogP contribution in [0.3, 0.4) is 0 Å². The molecule has 0 aliphatic carbocycles. The molecule has 0 aliphatic heterocycles. The molecule has 0 saturated carbocycles. The Morgan fingerprint density at radius 2 is 0.816 bits per heavy atom. The highest BCUT2D eigenvalue weighted by atomic mass is 15.0. The fourth-order valence-electron chi connectivity index (χ4n) is 7.62. The van der Waals surface area contributed by atoms with Crippen molar-refractivity contribution >= 4 is 43.6 Å². The van der Waals surface area contributed by atoms with Crippen LogP contribution in [0.5, 0.6) is 0 Å². The lowest BCUT2D eigenvalue weighted by Crippen LogP contribution is -1.94. The van der Waals surface area contributed by atoms with E-state index >= 15 is 0 Å². The summed E-state index contributed by atoms with van der Waals surface area (Å²) in [5.41, 5.74) is 14.4. The number of nitrogens with one attached hydrogen (secondary N) is 1. The van der Waals surface area contributed by atoms with Crippen LogP contribution < -0.4 is 0 Å². The predicted molar refractivity (Wildman–Crippen MR) is 206 cm³/mol. The van der Waals surface area contributed by atoms with Crippen LogP contribution >= 0.6 is 0 Å². The van der Waals surface area contributed by atoms with E-state index < -0.39 is 0 Å². The number of fused-ring (bicyclic) bond motifs is 6. The summed E-state index contributed by atoms with van der Waals surface area (Å²) >= 11 is 0. The summed E-state index contributed by atoms with van der Waals surface area (Å²) in [6.07, 6.45) is 4.02. The molecule has 3 nitrogen and oxygen atoms in total. The maximum atomic E-state index is 3.19. The van der Waals surface area contributed by atoms with Gasteiger partial charge in [-0.25, -0.2) is 0 Å². The minimum Gasteiger partial charge on any atom is -0.367 e. The molecule has 0 spiro atoms. The number of aromatic nitrogens is 3. The van der Waals surface area contributed by atoms with E-state index in [-0.39, 0.29) is 0 Å². The summed E-state index contributed by atoms with van der Waals surface area (Å²) < 4.78 is 4.78. The van der Waals surface area contributed by atoms with Crippen molar-refractivity contribution in [2.45, 2.75) is 0 Å². The van der Waals surface area contributed by atoms with E-state index in [2.05, 4.69) is 184 Å². The fraction of sp³-hybridized carbons (Fsp3) is 0. The average Bonchev–Trinajstić information content (AvgIpc) is 3.91. The van der Waals surface area contributed by atoms with E-state index in [1.165, 1.54) is 77.0 Å². The van der Waals surface area contributed by atoms with E-state index in [1.54, 1.807) is 0 Å². The zero-order valence-corrected chi connectivity index (χ0v) is 26.7. The van der Waals surface area contributed by atoms with Crippen molar-refractivity contribution in [2.75, 3.05) is 0 Å². The Bertz CT molecular complexity index is 2800. The topological polar surface area (TPSA) is 25.6 Å². The first-order valence-corrected chi connectivity index (χ1v) is 16.8. The van der Waals surface area contributed by atoms with Crippen LogP contribution in [-0.2, 0) is 0 Å². The van der Waals surface area contributed by atoms with Gasteiger partial charge in [0, 0.05) is 45.3 Å². The van der Waals surface area contributed by atoms with Gasteiger partial charge in [-0.15, -0.1) is 0 Å². The maximum absolute atomic E-state index is 3.19. The first-order chi connectivity index (χ1) is 24.3. The minimum atomic E-state index is 1.16. The molecule has 0 aliphatic rings. The number of hydrogen-bond acceptors (Lipinski definition) is 0. The van der Waals surface area contributed by atoms with Gasteiger partial charge in [-0.05, 0) is 100 Å². The van der Waals surface area contributed by atoms with E-state index in [0.717, 1.165) is 11.4 Å². The molecule has 0 bridgehead atoms. The first kappa shape index (κ1) is 27.5. The SMILES string of the molecule is c1ccc(-c2ccc(-n3c4ccccc4c4cc(-c5ccc6c(c5)c5ccccc5n6-c5cccc(-c6cc[nH]c6)c5)ccc43)cc2)cc1. The molecule has 1 N–H and O–H groups in total. The molecule has 0 unspecified atom stereocenters. The summed E-state index contributed by atoms with van der Waals surface area (Å²) in [5.74, 6) is 0. The Morgan fingerprint density at radius 3 is 1.45 bits per heavy atom. The molecule has 0 fully saturated rings. The second-order valence-electron chi connectivity index (χ2n) is 12.7. The van der Waals surface area contributed by atoms with Crippen LogP contribution in [-0.4, -0.2) is 14.1 Å². The van der Waals surface area contributed by atoms with Gasteiger partial charge in [0.05, 0.1) is 22.1 Å². The third-order valence-corrected chi connectivity index (χ3v) is 9.95. The molecule has 0 amide bonds. The van der Waals surface area contributed by atoms with Crippen molar-refractivity contribution in [1.29, 1.82) is 0 Å². The molecule has 3 heteroatoms. The second-order valence-corrected chi connectivity index (χ2v) is 12.7. The number of para-hydroxylation sites is 2. The second kappa shape index (κ2) is 11.0. The van der Waals surface area contributed by atoms with Crippen LogP contribution in [0, 0.1) is 0 Å². The quantitative estimate of drug-likeness (QED) is 0.197. The summed E-state index contributed by atoms with van der Waals surface area (Å²) in [7, 11) is 0. The van der Waals surface area contributed by atoms with Crippen molar-refractivity contribution in [3.05, 3.63) is 182 Å². The van der Waals surface area contributed by atoms with Crippen molar-refractivity contribution in [1.82, 2.24) is 14.1 Å². The fourth-order valence-corrected chi connectivity index (χ4v) is 7.62. The smallest absolute Gasteiger partial charge is 0.0541 e. The van der Waals surface area contributed by atoms with Crippen LogP contribution in [0.15, 0.2) is 182 Å². The van der Waals surface area contributed by atoms with Crippen molar-refractivity contribution < 1.29 is 0 Å². The van der Waals surface area contributed by atoms with E-state index in [4.69, 9.17) is 0 Å². The molecule has 0 saturated heterocycles. The highest BCUT2D eigenvalue weighted by Crippen LogP contribution is 2.39. The van der Waals surface area contributed by atoms with Gasteiger partial charge in [0.15, 0.2) is 0 Å². The van der Waals surface area contributed by atoms with Crippen LogP contribution in [0.1, 0.15) is 0 Å². The number of rotatable bonds is 5. The highest BCUT2D eigenvalue weighted by molar-refractivity contribution is 6.12. The van der Waals surface area contributed by atoms with Crippen LogP contribution in [0.25, 0.3) is 88.4 Å². The van der Waals surface area contributed by atoms with Gasteiger partial charge >= 0.3 is 0 Å². The van der Waals surface area contributed by atoms with Crippen LogP contribution in [0.4, 0.5) is 0 Å². The van der Waals surface area contributed by atoms with Gasteiger partial charge < -0.3 is 14.1 Å². The number of nitrogens with zero attached hydrogens (tertiary/aromatic N) is 2. The zero-order valence-electron chi connectivity index (χ0n) is 26.7. The molecule has 0 radical (unpaired) electrons. The Morgan fingerprint density at radius 1 is 0.306 bits per heavy atom. The predicted octanol–water partition coefficient (Wildman–Crippen LogP) is 12.2. The lowest BCUT2D eigenvalue weighted by molar-refractivity contribution is 1.18. The van der Waals surface area contributed by atoms with Gasteiger partial charge in [0.1, 0.15) is 0 Å². The largest absolute Gasteiger partial charge is 0.367 e. The van der Waals surface area contributed by atoms with Crippen molar-refractivity contribution in [2.24, 2.45) is 0 Å². The van der Waals surface area contributed by atoms with Crippen molar-refractivity contribution in [3.63, 3.8) is 0 Å². The van der Waals surface area contributed by atoms with Gasteiger partial charge in [0.2, 0.25) is 0 Å². The molecule has 3 aromatic heterocycles. The Balaban J connectivity index is 1.11. The van der Waals surface area contributed by atoms with Crippen molar-refractivity contribution in [3.8, 4) is 44.8 Å². The number of aromatic amines is 1. The monoisotopic (exact) mass is 625 g/mol. The van der Waals surface area contributed by atoms with Gasteiger partial charge in [-0.3, -0.25) is 0 Å². The normalized spacial score (nSPS) is 11.7. The third kappa shape index (κ3) is 4.44. The molecule has 10 aromatic rings. The maximum Gasteiger partial charge on any atom is 0.0541 e. The number of H-pyrrole nitrogens is 1. The summed E-state index contributed by atoms with van der Waals surface area (Å²) in [6.45, 7) is 0. The molecule has 0 atom stereocenters. The summed E-state index contributed by atoms with van der Waals surface area (Å²) in [5, 5.41) is 5.01. The Labute approximate surface area is 283 Å². The highest BCUT2D eigenvalue weighted by Gasteiger charge is 2.16. The Hall–Kier alpha value is -6.58. The van der Waals surface area contributed by atoms with E-state index in [0.29, 0.717) is 0 Å². The molecule has 10 rings (SSSR count). The van der Waals surface area contributed by atoms with E-state index in [1.807, 2.05) is 12.4 Å². The van der Waals surface area contributed by atoms with E-state index in [9.17, 15) is 0 Å². The number of benzene rings is 7. The molecular weight excluding hydrogens is 595 g/mol. The third-order valence-electron chi connectivity index (χ3n) is 9.95. The standard InChI is InChI=1S/C46H31N3/c1-2-9-31(10-3-1)32-17-21-37(22-18-32)48-43-15-6-4-13-39(43)41-28-34(19-23-45(41)48)35-20-24-46-42(29-35)40-14-5-7-16-44(40)49(46)38-12-8-11-33(27-38)36-25-26-47-30-36/h1-30,47H. The van der Waals surface area contributed by atoms with Gasteiger partial charge in [-0.1, -0.05) is 103 Å². The van der Waals surface area contributed by atoms with Crippen LogP contribution in [0.2, 0.25) is 0 Å². The van der Waals surface area contributed by atoms with Gasteiger partial charge in [-0.2, -0.15) is 0 Å². The lowest BCUT2D eigenvalue weighted by atomic mass is 10.0. The van der Waals surface area contributed by atoms with Gasteiger partial charge in [0.25, 0.3) is 0 Å². The lowest BCUT2D eigenvalue weighted by Gasteiger charge is -2.11. The molecule has 230 valence electrons.